The Morgan fingerprint density at radius 1 is 1.07 bits per heavy atom. The van der Waals surface area contributed by atoms with E-state index in [4.69, 9.17) is 17.9 Å². The highest BCUT2D eigenvalue weighted by Gasteiger charge is 2.59. The van der Waals surface area contributed by atoms with Gasteiger partial charge in [0, 0.05) is 5.41 Å². The molecule has 0 N–H and O–H groups in total. The fourth-order valence-corrected chi connectivity index (χ4v) is 9.11. The maximum absolute atomic E-state index is 12.6. The number of rotatable bonds is 6. The van der Waals surface area contributed by atoms with Crippen LogP contribution in [0, 0.1) is 29.1 Å². The summed E-state index contributed by atoms with van der Waals surface area (Å²) in [6.07, 6.45) is 3.86. The van der Waals surface area contributed by atoms with Crippen molar-refractivity contribution >= 4 is 11.5 Å². The summed E-state index contributed by atoms with van der Waals surface area (Å²) in [6, 6.07) is 2.38. The molecular formula is C38H52O2. The molecule has 4 atom stereocenters. The molecule has 0 radical (unpaired) electrons. The minimum atomic E-state index is -0.185. The minimum Gasteiger partial charge on any atom is -0.466 e. The molecule has 2 nitrogen and oxygen atoms in total. The molecule has 0 fully saturated rings. The van der Waals surface area contributed by atoms with Gasteiger partial charge < -0.3 is 4.74 Å². The highest BCUT2D eigenvalue weighted by molar-refractivity contribution is 5.88. The number of hydrogen-bond donors (Lipinski definition) is 0. The Morgan fingerprint density at radius 2 is 1.70 bits per heavy atom. The van der Waals surface area contributed by atoms with Gasteiger partial charge in [-0.15, -0.1) is 0 Å². The Bertz CT molecular complexity index is 1390. The van der Waals surface area contributed by atoms with Gasteiger partial charge in [0.05, 0.1) is 12.5 Å². The van der Waals surface area contributed by atoms with Gasteiger partial charge in [0.25, 0.3) is 0 Å². The van der Waals surface area contributed by atoms with Crippen LogP contribution in [-0.4, -0.2) is 12.6 Å². The molecule has 1 unspecified atom stereocenters. The van der Waals surface area contributed by atoms with Crippen molar-refractivity contribution < 1.29 is 9.53 Å². The predicted molar refractivity (Wildman–Crippen MR) is 170 cm³/mol. The molecule has 1 aromatic carbocycles. The summed E-state index contributed by atoms with van der Waals surface area (Å²) in [6.45, 7) is 39.2. The lowest BCUT2D eigenvalue weighted by atomic mass is 9.41. The zero-order valence-corrected chi connectivity index (χ0v) is 27.2. The first-order valence-corrected chi connectivity index (χ1v) is 15.2. The second-order valence-corrected chi connectivity index (χ2v) is 14.3. The van der Waals surface area contributed by atoms with Crippen molar-refractivity contribution in [3.8, 4) is 0 Å². The second-order valence-electron chi connectivity index (χ2n) is 14.3. The van der Waals surface area contributed by atoms with E-state index in [0.717, 1.165) is 24.8 Å². The van der Waals surface area contributed by atoms with Crippen LogP contribution in [0.3, 0.4) is 0 Å². The van der Waals surface area contributed by atoms with E-state index in [0.29, 0.717) is 18.9 Å². The molecular weight excluding hydrogens is 488 g/mol. The average molecular weight is 541 g/mol. The highest BCUT2D eigenvalue weighted by atomic mass is 16.5. The molecule has 0 amide bonds. The van der Waals surface area contributed by atoms with Crippen molar-refractivity contribution in [1.82, 2.24) is 0 Å². The predicted octanol–water partition coefficient (Wildman–Crippen LogP) is 10.0. The quantitative estimate of drug-likeness (QED) is 0.336. The number of allylic oxidation sites excluding steroid dienone is 7. The Morgan fingerprint density at radius 3 is 2.25 bits per heavy atom. The SMILES string of the molecule is C=C(C)C1=C(C)C[C@@]2(C)C[C@@]3(C)Cc4c(C(C)C)cc(CC(C)C(=O)OCC)c(C)c4C(=C)C3=C(C)[C@@]2(C)C1=C. The zero-order chi connectivity index (χ0) is 30.1. The van der Waals surface area contributed by atoms with E-state index in [2.05, 4.69) is 75.0 Å². The molecule has 1 aromatic rings. The molecule has 40 heavy (non-hydrogen) atoms. The zero-order valence-electron chi connectivity index (χ0n) is 27.2. The normalized spacial score (nSPS) is 28.8. The van der Waals surface area contributed by atoms with E-state index in [1.165, 1.54) is 61.3 Å². The Labute approximate surface area is 244 Å². The van der Waals surface area contributed by atoms with Crippen molar-refractivity contribution in [2.45, 2.75) is 108 Å². The van der Waals surface area contributed by atoms with Crippen LogP contribution in [0.15, 0.2) is 59.2 Å². The highest BCUT2D eigenvalue weighted by Crippen LogP contribution is 2.70. The van der Waals surface area contributed by atoms with Gasteiger partial charge in [-0.3, -0.25) is 4.79 Å². The monoisotopic (exact) mass is 540 g/mol. The van der Waals surface area contributed by atoms with Gasteiger partial charge in [-0.25, -0.2) is 0 Å². The van der Waals surface area contributed by atoms with Crippen LogP contribution < -0.4 is 0 Å². The molecule has 0 aliphatic heterocycles. The number of carbonyl (C=O) groups excluding carboxylic acids is 1. The first-order chi connectivity index (χ1) is 18.4. The van der Waals surface area contributed by atoms with E-state index in [1.54, 1.807) is 0 Å². The fourth-order valence-electron chi connectivity index (χ4n) is 9.11. The number of hydrogen-bond acceptors (Lipinski definition) is 2. The Kier molecular flexibility index (Phi) is 7.61. The van der Waals surface area contributed by atoms with Crippen LogP contribution >= 0.6 is 0 Å². The van der Waals surface area contributed by atoms with E-state index in [9.17, 15) is 4.79 Å². The van der Waals surface area contributed by atoms with Gasteiger partial charge in [0.15, 0.2) is 0 Å². The van der Waals surface area contributed by atoms with Crippen LogP contribution in [0.25, 0.3) is 5.57 Å². The molecule has 4 rings (SSSR count). The lowest BCUT2D eigenvalue weighted by Gasteiger charge is -2.62. The molecule has 0 aromatic heterocycles. The lowest BCUT2D eigenvalue weighted by Crippen LogP contribution is -2.52. The van der Waals surface area contributed by atoms with Crippen molar-refractivity contribution in [1.29, 1.82) is 0 Å². The van der Waals surface area contributed by atoms with Crippen molar-refractivity contribution in [3.05, 3.63) is 87.1 Å². The summed E-state index contributed by atoms with van der Waals surface area (Å²) in [4.78, 5) is 12.6. The van der Waals surface area contributed by atoms with Gasteiger partial charge in [-0.05, 0) is 127 Å². The van der Waals surface area contributed by atoms with Gasteiger partial charge in [0.2, 0.25) is 0 Å². The van der Waals surface area contributed by atoms with Crippen LogP contribution in [0.2, 0.25) is 0 Å². The number of carbonyl (C=O) groups is 1. The summed E-state index contributed by atoms with van der Waals surface area (Å²) in [5.74, 6) is 0.0779. The molecule has 0 saturated carbocycles. The fraction of sp³-hybridized carbons (Fsp3) is 0.553. The van der Waals surface area contributed by atoms with E-state index < -0.39 is 0 Å². The van der Waals surface area contributed by atoms with Crippen LogP contribution in [-0.2, 0) is 22.4 Å². The molecule has 0 saturated heterocycles. The first kappa shape index (κ1) is 30.4. The third-order valence-electron chi connectivity index (χ3n) is 11.0. The lowest BCUT2D eigenvalue weighted by molar-refractivity contribution is -0.147. The topological polar surface area (TPSA) is 26.3 Å². The molecule has 0 heterocycles. The molecule has 3 aliphatic carbocycles. The second kappa shape index (κ2) is 10.0. The Balaban J connectivity index is 1.95. The number of esters is 1. The Hall–Kier alpha value is -2.61. The van der Waals surface area contributed by atoms with Gasteiger partial charge >= 0.3 is 5.97 Å². The molecule has 0 bridgehead atoms. The number of benzene rings is 1. The molecule has 2 heteroatoms. The average Bonchev–Trinajstić information content (AvgIpc) is 2.82. The van der Waals surface area contributed by atoms with Gasteiger partial charge in [0.1, 0.15) is 0 Å². The van der Waals surface area contributed by atoms with Crippen molar-refractivity contribution in [3.63, 3.8) is 0 Å². The number of ether oxygens (including phenoxy) is 1. The van der Waals surface area contributed by atoms with Crippen molar-refractivity contribution in [2.24, 2.45) is 22.2 Å². The summed E-state index contributed by atoms with van der Waals surface area (Å²) >= 11 is 0. The molecule has 216 valence electrons. The van der Waals surface area contributed by atoms with Crippen LogP contribution in [0.5, 0.6) is 0 Å². The standard InChI is InChI=1S/C38H52O2/c1-15-40-35(39)23(6)16-29-17-30(21(2)3)31-19-36(12)20-37(13)18-24(7)32(22(4)5)27(10)38(37,14)28(11)34(36)26(9)33(31)25(29)8/h17,21,23H,4,9-10,15-16,18-20H2,1-3,5-8,11-14H3/t23?,36-,37+,38-/m1/s1. The van der Waals surface area contributed by atoms with Gasteiger partial charge in [-0.2, -0.15) is 0 Å². The summed E-state index contributed by atoms with van der Waals surface area (Å²) in [5.41, 5.74) is 15.6. The minimum absolute atomic E-state index is 0.000463. The largest absolute Gasteiger partial charge is 0.466 e. The van der Waals surface area contributed by atoms with Crippen molar-refractivity contribution in [2.75, 3.05) is 6.61 Å². The van der Waals surface area contributed by atoms with E-state index in [-0.39, 0.29) is 28.1 Å². The summed E-state index contributed by atoms with van der Waals surface area (Å²) in [5, 5.41) is 0. The van der Waals surface area contributed by atoms with Crippen LogP contribution in [0.4, 0.5) is 0 Å². The number of fused-ring (bicyclic) bond motifs is 3. The van der Waals surface area contributed by atoms with Gasteiger partial charge in [-0.1, -0.05) is 84.1 Å². The third kappa shape index (κ3) is 4.24. The smallest absolute Gasteiger partial charge is 0.308 e. The van der Waals surface area contributed by atoms with E-state index in [1.807, 2.05) is 13.8 Å². The molecule has 3 aliphatic rings. The van der Waals surface area contributed by atoms with E-state index >= 15 is 0 Å². The van der Waals surface area contributed by atoms with Crippen LogP contribution in [0.1, 0.15) is 116 Å². The first-order valence-electron chi connectivity index (χ1n) is 15.2. The summed E-state index contributed by atoms with van der Waals surface area (Å²) < 4.78 is 5.36. The molecule has 0 spiro atoms. The third-order valence-corrected chi connectivity index (χ3v) is 11.0. The summed E-state index contributed by atoms with van der Waals surface area (Å²) in [7, 11) is 0. The maximum atomic E-state index is 12.6. The maximum Gasteiger partial charge on any atom is 0.308 e.